The number of hydrogen-bond acceptors (Lipinski definition) is 5. The SMILES string of the molecule is CC(=O)c1cc(F)c(N[C@@H]2CCCC(F)(F)[C@@H]2N)nc1Nc1cccc(C)c1. The van der Waals surface area contributed by atoms with Crippen molar-refractivity contribution < 1.29 is 18.0 Å². The van der Waals surface area contributed by atoms with Gasteiger partial charge < -0.3 is 16.4 Å². The minimum Gasteiger partial charge on any atom is -0.363 e. The van der Waals surface area contributed by atoms with Crippen LogP contribution in [0.25, 0.3) is 0 Å². The molecule has 5 nitrogen and oxygen atoms in total. The highest BCUT2D eigenvalue weighted by atomic mass is 19.3. The molecule has 4 N–H and O–H groups in total. The highest BCUT2D eigenvalue weighted by molar-refractivity contribution is 5.99. The zero-order valence-corrected chi connectivity index (χ0v) is 15.7. The molecule has 0 bridgehead atoms. The van der Waals surface area contributed by atoms with Gasteiger partial charge in [0.1, 0.15) is 5.82 Å². The van der Waals surface area contributed by atoms with Crippen LogP contribution in [-0.4, -0.2) is 28.8 Å². The largest absolute Gasteiger partial charge is 0.363 e. The highest BCUT2D eigenvalue weighted by Gasteiger charge is 2.45. The lowest BCUT2D eigenvalue weighted by Crippen LogP contribution is -2.55. The van der Waals surface area contributed by atoms with Gasteiger partial charge in [0.15, 0.2) is 17.4 Å². The summed E-state index contributed by atoms with van der Waals surface area (Å²) >= 11 is 0. The van der Waals surface area contributed by atoms with E-state index in [9.17, 15) is 18.0 Å². The number of anilines is 3. The Morgan fingerprint density at radius 2 is 2.04 bits per heavy atom. The molecule has 8 heteroatoms. The van der Waals surface area contributed by atoms with Crippen LogP contribution < -0.4 is 16.4 Å². The predicted octanol–water partition coefficient (Wildman–Crippen LogP) is 4.40. The Bertz CT molecular complexity index is 888. The van der Waals surface area contributed by atoms with Crippen molar-refractivity contribution in [2.45, 2.75) is 51.1 Å². The van der Waals surface area contributed by atoms with Crippen molar-refractivity contribution in [3.05, 3.63) is 47.3 Å². The molecular formula is C20H23F3N4O. The second kappa shape index (κ2) is 7.79. The third kappa shape index (κ3) is 4.27. The molecule has 150 valence electrons. The molecule has 1 aliphatic rings. The summed E-state index contributed by atoms with van der Waals surface area (Å²) in [5.41, 5.74) is 7.42. The van der Waals surface area contributed by atoms with Gasteiger partial charge >= 0.3 is 0 Å². The smallest absolute Gasteiger partial charge is 0.264 e. The van der Waals surface area contributed by atoms with Crippen LogP contribution in [0.4, 0.5) is 30.5 Å². The van der Waals surface area contributed by atoms with Crippen molar-refractivity contribution in [1.82, 2.24) is 4.98 Å². The number of ketones is 1. The molecule has 0 aliphatic heterocycles. The van der Waals surface area contributed by atoms with Gasteiger partial charge in [-0.25, -0.2) is 18.2 Å². The van der Waals surface area contributed by atoms with Crippen molar-refractivity contribution in [2.75, 3.05) is 10.6 Å². The van der Waals surface area contributed by atoms with Gasteiger partial charge in [-0.3, -0.25) is 4.79 Å². The molecule has 0 amide bonds. The van der Waals surface area contributed by atoms with E-state index in [0.717, 1.165) is 11.6 Å². The summed E-state index contributed by atoms with van der Waals surface area (Å²) in [7, 11) is 0. The maximum atomic E-state index is 14.5. The number of benzene rings is 1. The second-order valence-electron chi connectivity index (χ2n) is 7.20. The number of nitrogens with zero attached hydrogens (tertiary/aromatic N) is 1. The summed E-state index contributed by atoms with van der Waals surface area (Å²) in [5.74, 6) is -4.24. The summed E-state index contributed by atoms with van der Waals surface area (Å²) in [6, 6.07) is 6.17. The van der Waals surface area contributed by atoms with Crippen molar-refractivity contribution in [2.24, 2.45) is 5.73 Å². The first-order valence-electron chi connectivity index (χ1n) is 9.12. The number of carbonyl (C=O) groups excluding carboxylic acids is 1. The number of rotatable bonds is 5. The molecule has 1 fully saturated rings. The quantitative estimate of drug-likeness (QED) is 0.657. The molecule has 1 aromatic carbocycles. The number of aromatic nitrogens is 1. The molecule has 0 radical (unpaired) electrons. The Kier molecular flexibility index (Phi) is 5.60. The molecule has 1 aromatic heterocycles. The first-order valence-corrected chi connectivity index (χ1v) is 9.12. The lowest BCUT2D eigenvalue weighted by atomic mass is 9.87. The maximum absolute atomic E-state index is 14.5. The molecule has 2 atom stereocenters. The number of hydrogen-bond donors (Lipinski definition) is 3. The van der Waals surface area contributed by atoms with E-state index in [0.29, 0.717) is 12.1 Å². The van der Waals surface area contributed by atoms with Gasteiger partial charge in [0, 0.05) is 18.2 Å². The molecule has 2 aromatic rings. The standard InChI is InChI=1S/C20H23F3N4O/c1-11-5-3-6-13(9-11)25-18-14(12(2)28)10-15(21)19(27-18)26-16-7-4-8-20(22,23)17(16)24/h3,5-6,9-10,16-17H,4,7-8,24H2,1-2H3,(H2,25,26,27)/t16-,17-/m1/s1. The van der Waals surface area contributed by atoms with E-state index in [4.69, 9.17) is 5.73 Å². The molecule has 0 saturated heterocycles. The van der Waals surface area contributed by atoms with E-state index in [1.165, 1.54) is 6.92 Å². The first-order chi connectivity index (χ1) is 13.2. The van der Waals surface area contributed by atoms with Crippen LogP contribution in [0.5, 0.6) is 0 Å². The first kappa shape index (κ1) is 20.1. The fourth-order valence-electron chi connectivity index (χ4n) is 3.35. The van der Waals surface area contributed by atoms with Gasteiger partial charge in [0.25, 0.3) is 5.92 Å². The number of carbonyl (C=O) groups is 1. The van der Waals surface area contributed by atoms with Gasteiger partial charge in [-0.1, -0.05) is 12.1 Å². The molecule has 0 unspecified atom stereocenters. The van der Waals surface area contributed by atoms with Crippen LogP contribution in [0, 0.1) is 12.7 Å². The molecule has 28 heavy (non-hydrogen) atoms. The Hall–Kier alpha value is -2.61. The average molecular weight is 392 g/mol. The number of nitrogens with two attached hydrogens (primary N) is 1. The van der Waals surface area contributed by atoms with Crippen molar-refractivity contribution in [3.8, 4) is 0 Å². The lowest BCUT2D eigenvalue weighted by molar-refractivity contribution is -0.0555. The summed E-state index contributed by atoms with van der Waals surface area (Å²) < 4.78 is 42.3. The molecule has 1 heterocycles. The minimum absolute atomic E-state index is 0.0721. The summed E-state index contributed by atoms with van der Waals surface area (Å²) in [6.45, 7) is 3.22. The Morgan fingerprint density at radius 1 is 1.29 bits per heavy atom. The molecule has 0 spiro atoms. The highest BCUT2D eigenvalue weighted by Crippen LogP contribution is 2.34. The number of aryl methyl sites for hydroxylation is 1. The van der Waals surface area contributed by atoms with Crippen LogP contribution >= 0.6 is 0 Å². The van der Waals surface area contributed by atoms with Crippen LogP contribution in [0.2, 0.25) is 0 Å². The van der Waals surface area contributed by atoms with Crippen molar-refractivity contribution >= 4 is 23.1 Å². The van der Waals surface area contributed by atoms with E-state index < -0.39 is 23.8 Å². The number of nitrogens with one attached hydrogen (secondary N) is 2. The second-order valence-corrected chi connectivity index (χ2v) is 7.20. The molecule has 1 saturated carbocycles. The Labute approximate surface area is 161 Å². The summed E-state index contributed by atoms with van der Waals surface area (Å²) in [5, 5.41) is 5.72. The van der Waals surface area contributed by atoms with E-state index in [2.05, 4.69) is 15.6 Å². The van der Waals surface area contributed by atoms with Gasteiger partial charge in [-0.15, -0.1) is 0 Å². The van der Waals surface area contributed by atoms with Crippen LogP contribution in [-0.2, 0) is 0 Å². The Balaban J connectivity index is 1.93. The fourth-order valence-corrected chi connectivity index (χ4v) is 3.35. The van der Waals surface area contributed by atoms with Crippen molar-refractivity contribution in [3.63, 3.8) is 0 Å². The summed E-state index contributed by atoms with van der Waals surface area (Å²) in [6.07, 6.45) is 0.374. The fraction of sp³-hybridized carbons (Fsp3) is 0.400. The maximum Gasteiger partial charge on any atom is 0.264 e. The van der Waals surface area contributed by atoms with Gasteiger partial charge in [0.05, 0.1) is 11.6 Å². The van der Waals surface area contributed by atoms with E-state index >= 15 is 0 Å². The average Bonchev–Trinajstić information content (AvgIpc) is 2.61. The lowest BCUT2D eigenvalue weighted by Gasteiger charge is -2.36. The monoisotopic (exact) mass is 392 g/mol. The third-order valence-corrected chi connectivity index (χ3v) is 4.90. The normalized spacial score (nSPS) is 21.2. The topological polar surface area (TPSA) is 80.0 Å². The van der Waals surface area contributed by atoms with Gasteiger partial charge in [-0.05, 0) is 50.5 Å². The van der Waals surface area contributed by atoms with Gasteiger partial charge in [0.2, 0.25) is 0 Å². The number of halogens is 3. The van der Waals surface area contributed by atoms with Crippen LogP contribution in [0.1, 0.15) is 42.1 Å². The van der Waals surface area contributed by atoms with E-state index in [1.54, 1.807) is 6.07 Å². The van der Waals surface area contributed by atoms with Crippen molar-refractivity contribution in [1.29, 1.82) is 0 Å². The third-order valence-electron chi connectivity index (χ3n) is 4.90. The number of alkyl halides is 2. The summed E-state index contributed by atoms with van der Waals surface area (Å²) in [4.78, 5) is 16.1. The van der Waals surface area contributed by atoms with Gasteiger partial charge in [-0.2, -0.15) is 0 Å². The van der Waals surface area contributed by atoms with E-state index in [1.807, 2.05) is 25.1 Å². The zero-order valence-electron chi connectivity index (χ0n) is 15.7. The predicted molar refractivity (Wildman–Crippen MR) is 103 cm³/mol. The van der Waals surface area contributed by atoms with E-state index in [-0.39, 0.29) is 35.8 Å². The molecular weight excluding hydrogens is 369 g/mol. The van der Waals surface area contributed by atoms with Crippen LogP contribution in [0.15, 0.2) is 30.3 Å². The minimum atomic E-state index is -3.02. The van der Waals surface area contributed by atoms with Crippen LogP contribution in [0.3, 0.4) is 0 Å². The number of pyridine rings is 1. The Morgan fingerprint density at radius 3 is 2.71 bits per heavy atom. The molecule has 1 aliphatic carbocycles. The zero-order chi connectivity index (χ0) is 20.5. The molecule has 3 rings (SSSR count). The number of Topliss-reactive ketones (excluding diaryl/α,β-unsaturated/α-hetero) is 1.